The molecule has 0 aliphatic carbocycles. The minimum atomic E-state index is -1.68. The number of alkyl halides is 3. The minimum Gasteiger partial charge on any atom is -0.333 e. The van der Waals surface area contributed by atoms with Crippen molar-refractivity contribution in [3.05, 3.63) is 35.6 Å². The third kappa shape index (κ3) is 4.32. The molecular weight excluding hydrogens is 289 g/mol. The van der Waals surface area contributed by atoms with Crippen LogP contribution in [0.25, 0.3) is 0 Å². The molecule has 2 N–H and O–H groups in total. The second kappa shape index (κ2) is 5.87. The van der Waals surface area contributed by atoms with Gasteiger partial charge in [0.2, 0.25) is 3.79 Å². The van der Waals surface area contributed by atoms with Crippen molar-refractivity contribution in [2.75, 3.05) is 7.05 Å². The van der Waals surface area contributed by atoms with Crippen molar-refractivity contribution in [3.63, 3.8) is 0 Å². The summed E-state index contributed by atoms with van der Waals surface area (Å²) < 4.78 is 11.0. The van der Waals surface area contributed by atoms with Crippen LogP contribution in [0, 0.1) is 5.82 Å². The summed E-state index contributed by atoms with van der Waals surface area (Å²) in [4.78, 5) is 11.7. The smallest absolute Gasteiger partial charge is 0.252 e. The molecule has 1 unspecified atom stereocenters. The van der Waals surface area contributed by atoms with E-state index in [-0.39, 0.29) is 5.56 Å². The fraction of sp³-hybridized carbons (Fsp3) is 0.300. The molecule has 0 bridgehead atoms. The van der Waals surface area contributed by atoms with Crippen molar-refractivity contribution in [2.45, 2.75) is 9.96 Å². The molecule has 1 aromatic rings. The van der Waals surface area contributed by atoms with Gasteiger partial charge < -0.3 is 5.32 Å². The van der Waals surface area contributed by atoms with Gasteiger partial charge in [0.15, 0.2) is 0 Å². The van der Waals surface area contributed by atoms with Gasteiger partial charge >= 0.3 is 0 Å². The predicted octanol–water partition coefficient (Wildman–Crippen LogP) is 2.47. The molecule has 0 aliphatic heterocycles. The van der Waals surface area contributed by atoms with Gasteiger partial charge in [0.25, 0.3) is 5.91 Å². The van der Waals surface area contributed by atoms with Crippen LogP contribution in [0.5, 0.6) is 0 Å². The van der Waals surface area contributed by atoms with E-state index >= 15 is 0 Å². The lowest BCUT2D eigenvalue weighted by Crippen LogP contribution is -2.51. The van der Waals surface area contributed by atoms with Gasteiger partial charge in [-0.1, -0.05) is 34.8 Å². The molecule has 0 heterocycles. The Morgan fingerprint density at radius 2 is 1.82 bits per heavy atom. The number of halogens is 4. The molecule has 0 aliphatic rings. The van der Waals surface area contributed by atoms with Crippen molar-refractivity contribution in [1.82, 2.24) is 10.6 Å². The maximum Gasteiger partial charge on any atom is 0.252 e. The highest BCUT2D eigenvalue weighted by Crippen LogP contribution is 2.28. The third-order valence-electron chi connectivity index (χ3n) is 2.00. The van der Waals surface area contributed by atoms with Gasteiger partial charge in [-0.25, -0.2) is 4.39 Å². The van der Waals surface area contributed by atoms with Gasteiger partial charge in [-0.15, -0.1) is 0 Å². The van der Waals surface area contributed by atoms with E-state index in [1.807, 2.05) is 0 Å². The Labute approximate surface area is 113 Å². The monoisotopic (exact) mass is 298 g/mol. The lowest BCUT2D eigenvalue weighted by molar-refractivity contribution is 0.0931. The number of hydrogen-bond acceptors (Lipinski definition) is 2. The average Bonchev–Trinajstić information content (AvgIpc) is 2.24. The Morgan fingerprint density at radius 1 is 1.29 bits per heavy atom. The highest BCUT2D eigenvalue weighted by Gasteiger charge is 2.32. The molecule has 7 heteroatoms. The molecule has 1 aromatic carbocycles. The molecule has 1 atom stereocenters. The maximum atomic E-state index is 12.7. The Hall–Kier alpha value is -0.550. The van der Waals surface area contributed by atoms with E-state index in [1.165, 1.54) is 31.3 Å². The van der Waals surface area contributed by atoms with E-state index in [4.69, 9.17) is 34.8 Å². The standard InChI is InChI=1S/C10H10Cl3FN2O/c1-15-9(10(11,12)13)16-8(17)6-2-4-7(14)5-3-6/h2-5,9,15H,1H3,(H,16,17). The van der Waals surface area contributed by atoms with Crippen molar-refractivity contribution in [1.29, 1.82) is 0 Å². The summed E-state index contributed by atoms with van der Waals surface area (Å²) in [6, 6.07) is 5.04. The van der Waals surface area contributed by atoms with Crippen LogP contribution in [-0.4, -0.2) is 22.9 Å². The van der Waals surface area contributed by atoms with Crippen LogP contribution in [-0.2, 0) is 0 Å². The first-order chi connectivity index (χ1) is 7.84. The number of hydrogen-bond donors (Lipinski definition) is 2. The summed E-state index contributed by atoms with van der Waals surface area (Å²) >= 11 is 16.9. The number of amides is 1. The lowest BCUT2D eigenvalue weighted by Gasteiger charge is -2.24. The van der Waals surface area contributed by atoms with Crippen LogP contribution >= 0.6 is 34.8 Å². The fourth-order valence-corrected chi connectivity index (χ4v) is 1.62. The van der Waals surface area contributed by atoms with Gasteiger partial charge in [-0.3, -0.25) is 10.1 Å². The molecule has 0 aromatic heterocycles. The van der Waals surface area contributed by atoms with Crippen LogP contribution < -0.4 is 10.6 Å². The summed E-state index contributed by atoms with van der Waals surface area (Å²) in [7, 11) is 1.54. The van der Waals surface area contributed by atoms with Gasteiger partial charge in [0, 0.05) is 5.56 Å². The average molecular weight is 300 g/mol. The van der Waals surface area contributed by atoms with Crippen LogP contribution in [0.3, 0.4) is 0 Å². The fourth-order valence-electron chi connectivity index (χ4n) is 1.13. The van der Waals surface area contributed by atoms with Crippen molar-refractivity contribution in [2.24, 2.45) is 0 Å². The molecule has 1 rings (SSSR count). The molecule has 0 saturated carbocycles. The van der Waals surface area contributed by atoms with Crippen LogP contribution in [0.15, 0.2) is 24.3 Å². The normalized spacial score (nSPS) is 13.2. The minimum absolute atomic E-state index is 0.279. The Morgan fingerprint density at radius 3 is 2.24 bits per heavy atom. The maximum absolute atomic E-state index is 12.7. The highest BCUT2D eigenvalue weighted by molar-refractivity contribution is 6.68. The van der Waals surface area contributed by atoms with E-state index in [9.17, 15) is 9.18 Å². The summed E-state index contributed by atoms with van der Waals surface area (Å²) in [5.74, 6) is -0.885. The lowest BCUT2D eigenvalue weighted by atomic mass is 10.2. The number of rotatable bonds is 3. The summed E-state index contributed by atoms with van der Waals surface area (Å²) in [6.07, 6.45) is -0.843. The highest BCUT2D eigenvalue weighted by atomic mass is 35.6. The van der Waals surface area contributed by atoms with E-state index in [1.54, 1.807) is 0 Å². The Bertz CT molecular complexity index is 392. The molecule has 0 saturated heterocycles. The second-order valence-electron chi connectivity index (χ2n) is 3.24. The summed E-state index contributed by atoms with van der Waals surface area (Å²) in [5.41, 5.74) is 0.279. The van der Waals surface area contributed by atoms with E-state index in [0.29, 0.717) is 0 Å². The third-order valence-corrected chi connectivity index (χ3v) is 2.65. The summed E-state index contributed by atoms with van der Waals surface area (Å²) in [5, 5.41) is 5.13. The number of carbonyl (C=O) groups is 1. The van der Waals surface area contributed by atoms with E-state index < -0.39 is 21.7 Å². The quantitative estimate of drug-likeness (QED) is 0.665. The van der Waals surface area contributed by atoms with Gasteiger partial charge in [0.1, 0.15) is 12.0 Å². The predicted molar refractivity (Wildman–Crippen MR) is 67.0 cm³/mol. The van der Waals surface area contributed by atoms with Crippen LogP contribution in [0.4, 0.5) is 4.39 Å². The van der Waals surface area contributed by atoms with Crippen molar-refractivity contribution in [3.8, 4) is 0 Å². The van der Waals surface area contributed by atoms with E-state index in [0.717, 1.165) is 0 Å². The van der Waals surface area contributed by atoms with E-state index in [2.05, 4.69) is 10.6 Å². The summed E-state index contributed by atoms with van der Waals surface area (Å²) in [6.45, 7) is 0. The molecule has 3 nitrogen and oxygen atoms in total. The molecule has 0 spiro atoms. The SMILES string of the molecule is CNC(NC(=O)c1ccc(F)cc1)C(Cl)(Cl)Cl. The van der Waals surface area contributed by atoms with Crippen molar-refractivity contribution < 1.29 is 9.18 Å². The van der Waals surface area contributed by atoms with Crippen LogP contribution in [0.2, 0.25) is 0 Å². The molecular formula is C10H10Cl3FN2O. The first-order valence-corrected chi connectivity index (χ1v) is 5.78. The van der Waals surface area contributed by atoms with Gasteiger partial charge in [0.05, 0.1) is 0 Å². The Kier molecular flexibility index (Phi) is 5.01. The first kappa shape index (κ1) is 14.5. The topological polar surface area (TPSA) is 41.1 Å². The van der Waals surface area contributed by atoms with Crippen LogP contribution in [0.1, 0.15) is 10.4 Å². The van der Waals surface area contributed by atoms with Gasteiger partial charge in [-0.2, -0.15) is 0 Å². The number of benzene rings is 1. The zero-order chi connectivity index (χ0) is 13.1. The second-order valence-corrected chi connectivity index (χ2v) is 5.61. The largest absolute Gasteiger partial charge is 0.333 e. The number of nitrogens with one attached hydrogen (secondary N) is 2. The van der Waals surface area contributed by atoms with Gasteiger partial charge in [-0.05, 0) is 31.3 Å². The molecule has 0 fully saturated rings. The molecule has 94 valence electrons. The zero-order valence-electron chi connectivity index (χ0n) is 8.81. The Balaban J connectivity index is 2.75. The zero-order valence-corrected chi connectivity index (χ0v) is 11.1. The molecule has 0 radical (unpaired) electrons. The number of carbonyl (C=O) groups excluding carboxylic acids is 1. The molecule has 1 amide bonds. The molecule has 17 heavy (non-hydrogen) atoms. The van der Waals surface area contributed by atoms with Crippen molar-refractivity contribution >= 4 is 40.7 Å². The first-order valence-electron chi connectivity index (χ1n) is 4.65.